The first kappa shape index (κ1) is 14.4. The van der Waals surface area contributed by atoms with Gasteiger partial charge in [-0.2, -0.15) is 9.82 Å². The van der Waals surface area contributed by atoms with Crippen molar-refractivity contribution in [1.82, 2.24) is 14.5 Å². The van der Waals surface area contributed by atoms with E-state index < -0.39 is 28.8 Å². The SMILES string of the molecule is Cn1ncc(Cl)c1S(=O)(=O)NC(C)(CO)CO. The van der Waals surface area contributed by atoms with Gasteiger partial charge < -0.3 is 10.2 Å². The summed E-state index contributed by atoms with van der Waals surface area (Å²) in [5.74, 6) is 0. The number of hydrogen-bond acceptors (Lipinski definition) is 5. The molecule has 0 aromatic carbocycles. The third kappa shape index (κ3) is 2.96. The fourth-order valence-corrected chi connectivity index (χ4v) is 3.24. The van der Waals surface area contributed by atoms with Crippen LogP contribution in [0.25, 0.3) is 0 Å². The number of halogens is 1. The molecule has 0 saturated heterocycles. The Balaban J connectivity index is 3.14. The number of aliphatic hydroxyl groups excluding tert-OH is 2. The van der Waals surface area contributed by atoms with Gasteiger partial charge in [-0.1, -0.05) is 11.6 Å². The lowest BCUT2D eigenvalue weighted by molar-refractivity contribution is 0.121. The van der Waals surface area contributed by atoms with Gasteiger partial charge in [-0.25, -0.2) is 8.42 Å². The molecule has 0 fully saturated rings. The zero-order chi connectivity index (χ0) is 13.3. The van der Waals surface area contributed by atoms with Crippen LogP contribution in [-0.4, -0.2) is 47.2 Å². The first-order chi connectivity index (χ1) is 7.75. The Morgan fingerprint density at radius 1 is 1.53 bits per heavy atom. The fourth-order valence-electron chi connectivity index (χ4n) is 1.19. The molecule has 0 amide bonds. The second-order valence-corrected chi connectivity index (χ2v) is 5.91. The van der Waals surface area contributed by atoms with Crippen molar-refractivity contribution in [3.8, 4) is 0 Å². The minimum atomic E-state index is -3.96. The third-order valence-corrected chi connectivity index (χ3v) is 4.32. The monoisotopic (exact) mass is 283 g/mol. The number of hydrogen-bond donors (Lipinski definition) is 3. The van der Waals surface area contributed by atoms with Crippen molar-refractivity contribution in [3.05, 3.63) is 11.2 Å². The van der Waals surface area contributed by atoms with Crippen molar-refractivity contribution in [3.63, 3.8) is 0 Å². The van der Waals surface area contributed by atoms with Crippen LogP contribution in [0.4, 0.5) is 0 Å². The average molecular weight is 284 g/mol. The van der Waals surface area contributed by atoms with E-state index in [2.05, 4.69) is 9.82 Å². The van der Waals surface area contributed by atoms with Crippen molar-refractivity contribution in [2.24, 2.45) is 7.05 Å². The normalized spacial score (nSPS) is 13.0. The van der Waals surface area contributed by atoms with E-state index in [9.17, 15) is 8.42 Å². The zero-order valence-corrected chi connectivity index (χ0v) is 11.0. The second kappa shape index (κ2) is 4.91. The Kier molecular flexibility index (Phi) is 4.15. The molecule has 0 atom stereocenters. The van der Waals surface area contributed by atoms with Crippen LogP contribution in [0.1, 0.15) is 6.92 Å². The highest BCUT2D eigenvalue weighted by molar-refractivity contribution is 7.89. The van der Waals surface area contributed by atoms with Gasteiger partial charge in [0.25, 0.3) is 10.0 Å². The number of aliphatic hydroxyl groups is 2. The second-order valence-electron chi connectivity index (χ2n) is 3.90. The number of nitrogens with one attached hydrogen (secondary N) is 1. The van der Waals surface area contributed by atoms with Gasteiger partial charge in [-0.3, -0.25) is 4.68 Å². The van der Waals surface area contributed by atoms with E-state index in [-0.39, 0.29) is 10.0 Å². The van der Waals surface area contributed by atoms with E-state index in [0.29, 0.717) is 0 Å². The summed E-state index contributed by atoms with van der Waals surface area (Å²) in [5.41, 5.74) is -1.35. The molecule has 9 heteroatoms. The van der Waals surface area contributed by atoms with Crippen molar-refractivity contribution < 1.29 is 18.6 Å². The maximum atomic E-state index is 12.0. The van der Waals surface area contributed by atoms with E-state index >= 15 is 0 Å². The van der Waals surface area contributed by atoms with Gasteiger partial charge in [0.15, 0.2) is 5.03 Å². The molecule has 0 saturated carbocycles. The Morgan fingerprint density at radius 2 is 2.06 bits per heavy atom. The first-order valence-electron chi connectivity index (χ1n) is 4.69. The van der Waals surface area contributed by atoms with Gasteiger partial charge in [0.05, 0.1) is 30.0 Å². The summed E-state index contributed by atoms with van der Waals surface area (Å²) in [6, 6.07) is 0. The molecule has 0 radical (unpaired) electrons. The molecule has 0 unspecified atom stereocenters. The Bertz CT molecular complexity index is 475. The lowest BCUT2D eigenvalue weighted by Crippen LogP contribution is -2.51. The van der Waals surface area contributed by atoms with E-state index in [1.807, 2.05) is 0 Å². The molecular formula is C8H14ClN3O4S. The van der Waals surface area contributed by atoms with Crippen LogP contribution in [0.3, 0.4) is 0 Å². The van der Waals surface area contributed by atoms with Gasteiger partial charge >= 0.3 is 0 Å². The summed E-state index contributed by atoms with van der Waals surface area (Å²) in [4.78, 5) is 0. The predicted molar refractivity (Wildman–Crippen MR) is 61.1 cm³/mol. The molecule has 1 aromatic heterocycles. The van der Waals surface area contributed by atoms with Crippen LogP contribution < -0.4 is 4.72 Å². The number of nitrogens with zero attached hydrogens (tertiary/aromatic N) is 2. The predicted octanol–water partition coefficient (Wildman–Crippen LogP) is -0.905. The summed E-state index contributed by atoms with van der Waals surface area (Å²) in [6.45, 7) is 0.283. The molecule has 0 spiro atoms. The lowest BCUT2D eigenvalue weighted by atomic mass is 10.1. The van der Waals surface area contributed by atoms with Crippen molar-refractivity contribution in [1.29, 1.82) is 0 Å². The topological polar surface area (TPSA) is 104 Å². The molecular weight excluding hydrogens is 270 g/mol. The minimum Gasteiger partial charge on any atom is -0.394 e. The van der Waals surface area contributed by atoms with Crippen molar-refractivity contribution in [2.75, 3.05) is 13.2 Å². The quantitative estimate of drug-likeness (QED) is 0.649. The Labute approximate surface area is 104 Å². The van der Waals surface area contributed by atoms with Crippen LogP contribution >= 0.6 is 11.6 Å². The average Bonchev–Trinajstić information content (AvgIpc) is 2.58. The van der Waals surface area contributed by atoms with E-state index in [1.165, 1.54) is 20.2 Å². The van der Waals surface area contributed by atoms with Crippen LogP contribution in [0.2, 0.25) is 5.02 Å². The Hall–Kier alpha value is -0.670. The number of sulfonamides is 1. The van der Waals surface area contributed by atoms with Crippen LogP contribution in [0, 0.1) is 0 Å². The molecule has 1 rings (SSSR count). The third-order valence-electron chi connectivity index (χ3n) is 2.18. The van der Waals surface area contributed by atoms with Crippen molar-refractivity contribution >= 4 is 21.6 Å². The number of aromatic nitrogens is 2. The smallest absolute Gasteiger partial charge is 0.259 e. The van der Waals surface area contributed by atoms with Crippen LogP contribution in [-0.2, 0) is 17.1 Å². The highest BCUT2D eigenvalue weighted by Crippen LogP contribution is 2.21. The molecule has 7 nitrogen and oxygen atoms in total. The summed E-state index contributed by atoms with van der Waals surface area (Å²) in [5, 5.41) is 21.5. The fraction of sp³-hybridized carbons (Fsp3) is 0.625. The largest absolute Gasteiger partial charge is 0.394 e. The molecule has 0 aliphatic carbocycles. The van der Waals surface area contributed by atoms with Gasteiger partial charge in [-0.15, -0.1) is 0 Å². The van der Waals surface area contributed by atoms with Gasteiger partial charge in [-0.05, 0) is 6.92 Å². The molecule has 0 bridgehead atoms. The molecule has 98 valence electrons. The van der Waals surface area contributed by atoms with Crippen molar-refractivity contribution in [2.45, 2.75) is 17.5 Å². The molecule has 1 heterocycles. The molecule has 0 aliphatic rings. The summed E-state index contributed by atoms with van der Waals surface area (Å²) in [6.07, 6.45) is 1.20. The van der Waals surface area contributed by atoms with E-state index in [0.717, 1.165) is 4.68 Å². The molecule has 17 heavy (non-hydrogen) atoms. The summed E-state index contributed by atoms with van der Waals surface area (Å²) < 4.78 is 27.3. The first-order valence-corrected chi connectivity index (χ1v) is 6.55. The highest BCUT2D eigenvalue weighted by Gasteiger charge is 2.32. The standard InChI is InChI=1S/C8H14ClN3O4S/c1-8(4-13,5-14)11-17(15,16)7-6(9)3-10-12(7)2/h3,11,13-14H,4-5H2,1-2H3. The number of rotatable bonds is 5. The van der Waals surface area contributed by atoms with Crippen LogP contribution in [0.15, 0.2) is 11.2 Å². The summed E-state index contributed by atoms with van der Waals surface area (Å²) in [7, 11) is -2.54. The zero-order valence-electron chi connectivity index (χ0n) is 9.38. The molecule has 3 N–H and O–H groups in total. The minimum absolute atomic E-state index is 0.0294. The maximum absolute atomic E-state index is 12.0. The van der Waals surface area contributed by atoms with E-state index in [1.54, 1.807) is 0 Å². The number of aryl methyl sites for hydroxylation is 1. The van der Waals surface area contributed by atoms with Gasteiger partial charge in [0.2, 0.25) is 0 Å². The summed E-state index contributed by atoms with van der Waals surface area (Å²) >= 11 is 5.72. The highest BCUT2D eigenvalue weighted by atomic mass is 35.5. The van der Waals surface area contributed by atoms with Gasteiger partial charge in [0.1, 0.15) is 0 Å². The maximum Gasteiger partial charge on any atom is 0.259 e. The molecule has 0 aliphatic heterocycles. The van der Waals surface area contributed by atoms with Gasteiger partial charge in [0, 0.05) is 7.05 Å². The van der Waals surface area contributed by atoms with Crippen LogP contribution in [0.5, 0.6) is 0 Å². The Morgan fingerprint density at radius 3 is 2.41 bits per heavy atom. The van der Waals surface area contributed by atoms with E-state index in [4.69, 9.17) is 21.8 Å². The molecule has 1 aromatic rings. The lowest BCUT2D eigenvalue weighted by Gasteiger charge is -2.25.